The van der Waals surface area contributed by atoms with Gasteiger partial charge in [-0.25, -0.2) is 13.9 Å². The van der Waals surface area contributed by atoms with E-state index in [1.54, 1.807) is 16.6 Å². The van der Waals surface area contributed by atoms with Crippen molar-refractivity contribution in [2.75, 3.05) is 32.5 Å². The molecule has 31 heavy (non-hydrogen) atoms. The van der Waals surface area contributed by atoms with Gasteiger partial charge in [0.05, 0.1) is 23.1 Å². The summed E-state index contributed by atoms with van der Waals surface area (Å²) in [5, 5.41) is 12.8. The zero-order chi connectivity index (χ0) is 21.5. The van der Waals surface area contributed by atoms with Crippen molar-refractivity contribution in [3.05, 3.63) is 54.1 Å². The number of nitrogens with zero attached hydrogens (tertiary/aromatic N) is 6. The number of aromatic nitrogens is 5. The zero-order valence-corrected chi connectivity index (χ0v) is 18.0. The van der Waals surface area contributed by atoms with Gasteiger partial charge in [-0.05, 0) is 69.4 Å². The lowest BCUT2D eigenvalue weighted by Gasteiger charge is -2.29. The Bertz CT molecular complexity index is 1220. The summed E-state index contributed by atoms with van der Waals surface area (Å²) in [6, 6.07) is 10.5. The molecule has 1 aromatic carbocycles. The van der Waals surface area contributed by atoms with Gasteiger partial charge in [0.25, 0.3) is 0 Å². The van der Waals surface area contributed by atoms with Crippen LogP contribution in [0.2, 0.25) is 0 Å². The second-order valence-electron chi connectivity index (χ2n) is 8.21. The number of nitrogens with one attached hydrogen (secondary N) is 1. The fourth-order valence-electron chi connectivity index (χ4n) is 4.49. The number of fused-ring (bicyclic) bond motifs is 1. The predicted molar refractivity (Wildman–Crippen MR) is 120 cm³/mol. The summed E-state index contributed by atoms with van der Waals surface area (Å²) >= 11 is 0. The van der Waals surface area contributed by atoms with Crippen molar-refractivity contribution in [3.8, 4) is 22.5 Å². The van der Waals surface area contributed by atoms with Crippen molar-refractivity contribution in [3.63, 3.8) is 0 Å². The molecule has 4 heterocycles. The molecule has 0 spiro atoms. The molecule has 0 radical (unpaired) electrons. The predicted octanol–water partition coefficient (Wildman–Crippen LogP) is 3.79. The maximum atomic E-state index is 13.6. The minimum absolute atomic E-state index is 0.255. The van der Waals surface area contributed by atoms with E-state index in [1.807, 2.05) is 37.1 Å². The third kappa shape index (κ3) is 3.57. The summed E-state index contributed by atoms with van der Waals surface area (Å²) in [6.07, 6.45) is 4.02. The Balaban J connectivity index is 1.70. The second kappa shape index (κ2) is 7.77. The van der Waals surface area contributed by atoms with Crippen LogP contribution in [0.4, 0.5) is 10.2 Å². The number of rotatable bonds is 4. The summed E-state index contributed by atoms with van der Waals surface area (Å²) in [4.78, 5) is 6.87. The van der Waals surface area contributed by atoms with Crippen LogP contribution >= 0.6 is 0 Å². The Morgan fingerprint density at radius 2 is 1.74 bits per heavy atom. The number of aryl methyl sites for hydroxylation is 1. The maximum absolute atomic E-state index is 13.6. The van der Waals surface area contributed by atoms with Crippen molar-refractivity contribution in [1.82, 2.24) is 29.3 Å². The van der Waals surface area contributed by atoms with Crippen molar-refractivity contribution in [2.24, 2.45) is 7.05 Å². The van der Waals surface area contributed by atoms with Gasteiger partial charge in [0.1, 0.15) is 17.3 Å². The average molecular weight is 420 g/mol. The van der Waals surface area contributed by atoms with Crippen LogP contribution in [-0.4, -0.2) is 56.5 Å². The van der Waals surface area contributed by atoms with Gasteiger partial charge >= 0.3 is 0 Å². The molecule has 0 aliphatic carbocycles. The Morgan fingerprint density at radius 3 is 2.45 bits per heavy atom. The summed E-state index contributed by atoms with van der Waals surface area (Å²) in [5.74, 6) is 0.908. The zero-order valence-electron chi connectivity index (χ0n) is 18.0. The van der Waals surface area contributed by atoms with E-state index in [-0.39, 0.29) is 5.82 Å². The molecule has 7 nitrogen and oxygen atoms in total. The molecule has 1 aliphatic heterocycles. The summed E-state index contributed by atoms with van der Waals surface area (Å²) in [5.41, 5.74) is 5.54. The minimum Gasteiger partial charge on any atom is -0.372 e. The molecule has 1 saturated heterocycles. The number of piperidine rings is 1. The Morgan fingerprint density at radius 1 is 1.00 bits per heavy atom. The smallest absolute Gasteiger partial charge is 0.156 e. The molecule has 0 amide bonds. The van der Waals surface area contributed by atoms with Gasteiger partial charge in [-0.1, -0.05) is 0 Å². The van der Waals surface area contributed by atoms with Crippen LogP contribution < -0.4 is 5.32 Å². The first-order chi connectivity index (χ1) is 15.0. The number of anilines is 1. The molecule has 4 aromatic rings. The number of hydrogen-bond donors (Lipinski definition) is 1. The monoisotopic (exact) mass is 419 g/mol. The third-order valence-electron chi connectivity index (χ3n) is 6.15. The first kappa shape index (κ1) is 19.7. The molecule has 0 unspecified atom stereocenters. The number of benzene rings is 1. The number of likely N-dealkylation sites (tertiary alicyclic amines) is 1. The van der Waals surface area contributed by atoms with E-state index in [4.69, 9.17) is 10.2 Å². The van der Waals surface area contributed by atoms with Gasteiger partial charge in [0.2, 0.25) is 0 Å². The summed E-state index contributed by atoms with van der Waals surface area (Å²) < 4.78 is 17.4. The van der Waals surface area contributed by atoms with Crippen LogP contribution in [-0.2, 0) is 7.05 Å². The number of halogens is 1. The average Bonchev–Trinajstić information content (AvgIpc) is 3.35. The Hall–Kier alpha value is -3.26. The van der Waals surface area contributed by atoms with Gasteiger partial charge < -0.3 is 10.2 Å². The van der Waals surface area contributed by atoms with Crippen LogP contribution in [0.5, 0.6) is 0 Å². The summed E-state index contributed by atoms with van der Waals surface area (Å²) in [6.45, 7) is 2.11. The molecular formula is C23H26FN7. The van der Waals surface area contributed by atoms with Crippen LogP contribution in [0.15, 0.2) is 42.6 Å². The Kier molecular flexibility index (Phi) is 4.94. The lowest BCUT2D eigenvalue weighted by molar-refractivity contribution is 0.251. The standard InChI is InChI=1S/C23H26FN7/c1-25-19-14-31-20(26-19)9-8-18(27-31)21-22(15-4-6-17(24)7-5-15)28-30(3)23(21)16-10-12-29(2)13-11-16/h4-9,14,16,25H,10-13H2,1-3H3. The van der Waals surface area contributed by atoms with Gasteiger partial charge in [0, 0.05) is 25.6 Å². The lowest BCUT2D eigenvalue weighted by atomic mass is 9.89. The molecule has 1 N–H and O–H groups in total. The van der Waals surface area contributed by atoms with Gasteiger partial charge in [-0.15, -0.1) is 0 Å². The first-order valence-electron chi connectivity index (χ1n) is 10.6. The largest absolute Gasteiger partial charge is 0.372 e. The molecule has 8 heteroatoms. The van der Waals surface area contributed by atoms with Crippen LogP contribution in [0, 0.1) is 5.82 Å². The van der Waals surface area contributed by atoms with Crippen molar-refractivity contribution >= 4 is 11.5 Å². The van der Waals surface area contributed by atoms with Gasteiger partial charge in [-0.2, -0.15) is 10.2 Å². The molecule has 3 aromatic heterocycles. The minimum atomic E-state index is -0.255. The van der Waals surface area contributed by atoms with Crippen LogP contribution in [0.1, 0.15) is 24.5 Å². The van der Waals surface area contributed by atoms with E-state index in [2.05, 4.69) is 22.2 Å². The molecule has 0 saturated carbocycles. The quantitative estimate of drug-likeness (QED) is 0.545. The lowest BCUT2D eigenvalue weighted by Crippen LogP contribution is -2.30. The van der Waals surface area contributed by atoms with Crippen molar-refractivity contribution in [2.45, 2.75) is 18.8 Å². The molecule has 1 aliphatic rings. The first-order valence-corrected chi connectivity index (χ1v) is 10.6. The molecule has 0 bridgehead atoms. The van der Waals surface area contributed by atoms with Crippen LogP contribution in [0.25, 0.3) is 28.2 Å². The summed E-state index contributed by atoms with van der Waals surface area (Å²) in [7, 11) is 6.01. The molecule has 160 valence electrons. The highest BCUT2D eigenvalue weighted by Crippen LogP contribution is 2.40. The van der Waals surface area contributed by atoms with Crippen LogP contribution in [0.3, 0.4) is 0 Å². The normalized spacial score (nSPS) is 15.6. The molecule has 5 rings (SSSR count). The van der Waals surface area contributed by atoms with E-state index >= 15 is 0 Å². The molecule has 1 fully saturated rings. The number of hydrogen-bond acceptors (Lipinski definition) is 5. The van der Waals surface area contributed by atoms with E-state index in [9.17, 15) is 4.39 Å². The SMILES string of the molecule is CNc1cn2nc(-c3c(-c4ccc(F)cc4)nn(C)c3C3CCN(C)CC3)ccc2n1. The van der Waals surface area contributed by atoms with E-state index in [0.717, 1.165) is 59.9 Å². The fraction of sp³-hybridized carbons (Fsp3) is 0.348. The van der Waals surface area contributed by atoms with E-state index < -0.39 is 0 Å². The third-order valence-corrected chi connectivity index (χ3v) is 6.15. The van der Waals surface area contributed by atoms with E-state index in [0.29, 0.717) is 5.92 Å². The van der Waals surface area contributed by atoms with Crippen molar-refractivity contribution < 1.29 is 4.39 Å². The van der Waals surface area contributed by atoms with Gasteiger partial charge in [0.15, 0.2) is 5.65 Å². The Labute approximate surface area is 180 Å². The fourth-order valence-corrected chi connectivity index (χ4v) is 4.49. The molecule has 0 atom stereocenters. The highest BCUT2D eigenvalue weighted by atomic mass is 19.1. The number of imidazole rings is 1. The highest BCUT2D eigenvalue weighted by molar-refractivity contribution is 5.81. The molecular weight excluding hydrogens is 393 g/mol. The maximum Gasteiger partial charge on any atom is 0.156 e. The topological polar surface area (TPSA) is 63.3 Å². The highest BCUT2D eigenvalue weighted by Gasteiger charge is 2.29. The van der Waals surface area contributed by atoms with E-state index in [1.165, 1.54) is 17.8 Å². The second-order valence-corrected chi connectivity index (χ2v) is 8.21. The van der Waals surface area contributed by atoms with Gasteiger partial charge in [-0.3, -0.25) is 4.68 Å². The van der Waals surface area contributed by atoms with Crippen molar-refractivity contribution in [1.29, 1.82) is 0 Å².